The summed E-state index contributed by atoms with van der Waals surface area (Å²) >= 11 is 2.68. The smallest absolute Gasteiger partial charge is 0.239 e. The van der Waals surface area contributed by atoms with E-state index >= 15 is 0 Å². The molecular weight excluding hydrogens is 436 g/mol. The van der Waals surface area contributed by atoms with Gasteiger partial charge in [-0.05, 0) is 58.9 Å². The molecule has 31 heavy (non-hydrogen) atoms. The highest BCUT2D eigenvalue weighted by Crippen LogP contribution is 2.30. The first-order valence-electron chi connectivity index (χ1n) is 9.81. The predicted molar refractivity (Wildman–Crippen MR) is 121 cm³/mol. The number of hydrogen-bond acceptors (Lipinski definition) is 9. The highest BCUT2D eigenvalue weighted by atomic mass is 32.2. The Morgan fingerprint density at radius 1 is 1.06 bits per heavy atom. The molecular formula is C20H26N6O3S2. The number of thioether (sulfide) groups is 1. The summed E-state index contributed by atoms with van der Waals surface area (Å²) < 4.78 is 13.2. The van der Waals surface area contributed by atoms with Crippen molar-refractivity contribution < 1.29 is 14.3 Å². The Morgan fingerprint density at radius 3 is 2.32 bits per heavy atom. The molecule has 1 N–H and O–H groups in total. The van der Waals surface area contributed by atoms with E-state index in [0.29, 0.717) is 21.9 Å². The quantitative estimate of drug-likeness (QED) is 0.470. The molecule has 0 saturated heterocycles. The molecule has 0 radical (unpaired) electrons. The van der Waals surface area contributed by atoms with Crippen molar-refractivity contribution in [2.24, 2.45) is 0 Å². The van der Waals surface area contributed by atoms with E-state index in [1.807, 2.05) is 63.5 Å². The number of aromatic nitrogens is 5. The average molecular weight is 463 g/mol. The fraction of sp³-hybridized carbons (Fsp3) is 0.450. The van der Waals surface area contributed by atoms with E-state index in [2.05, 4.69) is 25.7 Å². The molecule has 0 bridgehead atoms. The van der Waals surface area contributed by atoms with Crippen LogP contribution in [0.4, 0.5) is 5.13 Å². The molecule has 2 aromatic heterocycles. The van der Waals surface area contributed by atoms with Gasteiger partial charge >= 0.3 is 0 Å². The number of aryl methyl sites for hydroxylation is 1. The maximum Gasteiger partial charge on any atom is 0.239 e. The Balaban J connectivity index is 1.72. The van der Waals surface area contributed by atoms with Gasteiger partial charge in [-0.3, -0.25) is 10.1 Å². The molecule has 0 saturated carbocycles. The van der Waals surface area contributed by atoms with Gasteiger partial charge in [-0.15, -0.1) is 20.4 Å². The number of rotatable bonds is 9. The van der Waals surface area contributed by atoms with Gasteiger partial charge in [0.2, 0.25) is 11.0 Å². The third-order valence-electron chi connectivity index (χ3n) is 4.35. The van der Waals surface area contributed by atoms with Gasteiger partial charge in [0.05, 0.1) is 12.4 Å². The van der Waals surface area contributed by atoms with Crippen LogP contribution in [0.5, 0.6) is 11.5 Å². The summed E-state index contributed by atoms with van der Waals surface area (Å²) in [6, 6.07) is 7.48. The zero-order valence-electron chi connectivity index (χ0n) is 18.3. The number of nitrogens with zero attached hydrogens (tertiary/aromatic N) is 5. The fourth-order valence-electron chi connectivity index (χ4n) is 2.81. The van der Waals surface area contributed by atoms with Crippen LogP contribution < -0.4 is 14.8 Å². The molecule has 3 rings (SSSR count). The number of carbonyl (C=O) groups excluding carboxylic acids is 1. The van der Waals surface area contributed by atoms with E-state index in [1.165, 1.54) is 23.1 Å². The lowest BCUT2D eigenvalue weighted by Gasteiger charge is -2.19. The van der Waals surface area contributed by atoms with Crippen LogP contribution in [-0.2, 0) is 4.79 Å². The topological polar surface area (TPSA) is 104 Å². The molecule has 0 spiro atoms. The van der Waals surface area contributed by atoms with Crippen LogP contribution in [0.25, 0.3) is 0 Å². The van der Waals surface area contributed by atoms with Gasteiger partial charge in [0.25, 0.3) is 0 Å². The summed E-state index contributed by atoms with van der Waals surface area (Å²) in [6.45, 7) is 9.69. The van der Waals surface area contributed by atoms with Crippen molar-refractivity contribution in [3.05, 3.63) is 35.1 Å². The van der Waals surface area contributed by atoms with Gasteiger partial charge < -0.3 is 14.0 Å². The lowest BCUT2D eigenvalue weighted by atomic mass is 10.3. The van der Waals surface area contributed by atoms with Gasteiger partial charge in [0, 0.05) is 6.04 Å². The fourth-order valence-corrected chi connectivity index (χ4v) is 4.39. The molecule has 1 amide bonds. The van der Waals surface area contributed by atoms with Gasteiger partial charge in [-0.25, -0.2) is 0 Å². The molecule has 9 nitrogen and oxygen atoms in total. The number of benzene rings is 1. The maximum absolute atomic E-state index is 12.6. The van der Waals surface area contributed by atoms with Gasteiger partial charge in [-0.2, -0.15) is 0 Å². The Kier molecular flexibility index (Phi) is 7.50. The number of amides is 1. The molecule has 0 fully saturated rings. The number of anilines is 1. The Hall–Kier alpha value is -2.66. The molecule has 11 heteroatoms. The van der Waals surface area contributed by atoms with Crippen molar-refractivity contribution in [3.63, 3.8) is 0 Å². The summed E-state index contributed by atoms with van der Waals surface area (Å²) in [5.74, 6) is 2.00. The van der Waals surface area contributed by atoms with Crippen LogP contribution in [-0.4, -0.2) is 43.2 Å². The molecule has 0 aliphatic carbocycles. The maximum atomic E-state index is 12.6. The Morgan fingerprint density at radius 2 is 1.74 bits per heavy atom. The molecule has 3 aromatic rings. The molecule has 2 heterocycles. The molecule has 166 valence electrons. The van der Waals surface area contributed by atoms with Crippen LogP contribution >= 0.6 is 23.1 Å². The van der Waals surface area contributed by atoms with E-state index in [1.54, 1.807) is 7.11 Å². The van der Waals surface area contributed by atoms with Crippen LogP contribution in [0.2, 0.25) is 0 Å². The van der Waals surface area contributed by atoms with Crippen LogP contribution in [0.3, 0.4) is 0 Å². The molecule has 2 unspecified atom stereocenters. The summed E-state index contributed by atoms with van der Waals surface area (Å²) in [5, 5.41) is 20.9. The lowest BCUT2D eigenvalue weighted by molar-refractivity contribution is -0.115. The second-order valence-electron chi connectivity index (χ2n) is 7.12. The van der Waals surface area contributed by atoms with Crippen molar-refractivity contribution >= 4 is 34.1 Å². The Labute approximate surface area is 189 Å². The zero-order chi connectivity index (χ0) is 22.5. The Bertz CT molecular complexity index is 1020. The summed E-state index contributed by atoms with van der Waals surface area (Å²) in [7, 11) is 1.62. The SMILES string of the molecule is COc1ccc(OC(C)c2nnc(SC(C)C(=O)Nc3nnc(C)s3)n2C(C)C)cc1. The van der Waals surface area contributed by atoms with E-state index in [0.717, 1.165) is 10.8 Å². The van der Waals surface area contributed by atoms with Crippen LogP contribution in [0, 0.1) is 6.92 Å². The standard InChI is InChI=1S/C20H26N6O3S2/c1-11(2)26-17(12(3)29-16-9-7-15(28-6)8-10-16)23-25-20(26)30-13(4)18(27)21-19-24-22-14(5)31-19/h7-13H,1-6H3,(H,21,24,27). The zero-order valence-corrected chi connectivity index (χ0v) is 20.0. The van der Waals surface area contributed by atoms with Crippen molar-refractivity contribution in [2.75, 3.05) is 12.4 Å². The lowest BCUT2D eigenvalue weighted by Crippen LogP contribution is -2.23. The van der Waals surface area contributed by atoms with Crippen molar-refractivity contribution in [3.8, 4) is 11.5 Å². The first-order chi connectivity index (χ1) is 14.8. The minimum absolute atomic E-state index is 0.0930. The number of hydrogen-bond donors (Lipinski definition) is 1. The number of nitrogens with one attached hydrogen (secondary N) is 1. The number of carbonyl (C=O) groups is 1. The molecule has 1 aromatic carbocycles. The van der Waals surface area contributed by atoms with Crippen molar-refractivity contribution in [1.82, 2.24) is 25.0 Å². The molecule has 0 aliphatic rings. The minimum Gasteiger partial charge on any atom is -0.497 e. The first kappa shape index (κ1) is 23.0. The highest BCUT2D eigenvalue weighted by molar-refractivity contribution is 8.00. The van der Waals surface area contributed by atoms with E-state index in [4.69, 9.17) is 9.47 Å². The monoisotopic (exact) mass is 462 g/mol. The molecule has 0 aliphatic heterocycles. The second kappa shape index (κ2) is 10.1. The summed E-state index contributed by atoms with van der Waals surface area (Å²) in [5.41, 5.74) is 0. The molecule has 2 atom stereocenters. The number of ether oxygens (including phenoxy) is 2. The summed E-state index contributed by atoms with van der Waals surface area (Å²) in [4.78, 5) is 12.6. The van der Waals surface area contributed by atoms with Gasteiger partial charge in [0.1, 0.15) is 16.5 Å². The average Bonchev–Trinajstić information content (AvgIpc) is 3.34. The van der Waals surface area contributed by atoms with Crippen molar-refractivity contribution in [2.45, 2.75) is 57.2 Å². The van der Waals surface area contributed by atoms with E-state index in [9.17, 15) is 4.79 Å². The predicted octanol–water partition coefficient (Wildman–Crippen LogP) is 4.29. The van der Waals surface area contributed by atoms with Gasteiger partial charge in [-0.1, -0.05) is 23.1 Å². The van der Waals surface area contributed by atoms with Gasteiger partial charge in [0.15, 0.2) is 17.1 Å². The van der Waals surface area contributed by atoms with E-state index < -0.39 is 5.25 Å². The van der Waals surface area contributed by atoms with Crippen LogP contribution in [0.1, 0.15) is 50.7 Å². The first-order valence-corrected chi connectivity index (χ1v) is 11.5. The largest absolute Gasteiger partial charge is 0.497 e. The highest BCUT2D eigenvalue weighted by Gasteiger charge is 2.25. The third-order valence-corrected chi connectivity index (χ3v) is 6.16. The van der Waals surface area contributed by atoms with E-state index in [-0.39, 0.29) is 18.1 Å². The normalized spacial score (nSPS) is 13.1. The minimum atomic E-state index is -0.392. The number of methoxy groups -OCH3 is 1. The third kappa shape index (κ3) is 5.73. The summed E-state index contributed by atoms with van der Waals surface area (Å²) in [6.07, 6.45) is -0.328. The second-order valence-corrected chi connectivity index (χ2v) is 9.61. The van der Waals surface area contributed by atoms with Crippen molar-refractivity contribution in [1.29, 1.82) is 0 Å². The van der Waals surface area contributed by atoms with Crippen LogP contribution in [0.15, 0.2) is 29.4 Å².